The molecule has 102 valence electrons. The number of hydrogen-bond donors (Lipinski definition) is 3. The smallest absolute Gasteiger partial charge is 0.329 e. The topological polar surface area (TPSA) is 81.7 Å². The second kappa shape index (κ2) is 4.76. The Bertz CT molecular complexity index is 354. The van der Waals surface area contributed by atoms with E-state index in [1.807, 2.05) is 0 Å². The van der Waals surface area contributed by atoms with Crippen LogP contribution in [0.2, 0.25) is 0 Å². The minimum Gasteiger partial charge on any atom is -0.480 e. The van der Waals surface area contributed by atoms with Crippen LogP contribution in [0, 0.1) is 0 Å². The summed E-state index contributed by atoms with van der Waals surface area (Å²) in [6.45, 7) is 3.08. The van der Waals surface area contributed by atoms with Crippen LogP contribution in [0.25, 0.3) is 0 Å². The summed E-state index contributed by atoms with van der Waals surface area (Å²) in [4.78, 5) is 25.0. The number of aliphatic carboxylic acids is 1. The predicted octanol–water partition coefficient (Wildman–Crippen LogP) is 0.385. The largest absolute Gasteiger partial charge is 0.480 e. The molecule has 1 heterocycles. The zero-order chi connectivity index (χ0) is 13.3. The molecule has 0 spiro atoms. The van der Waals surface area contributed by atoms with Crippen molar-refractivity contribution in [1.29, 1.82) is 0 Å². The van der Waals surface area contributed by atoms with Crippen molar-refractivity contribution in [2.75, 3.05) is 13.6 Å². The molecule has 2 amide bonds. The Morgan fingerprint density at radius 3 is 2.56 bits per heavy atom. The summed E-state index contributed by atoms with van der Waals surface area (Å²) < 4.78 is 0. The van der Waals surface area contributed by atoms with E-state index in [9.17, 15) is 9.59 Å². The number of carboxylic acid groups (broad SMARTS) is 1. The Morgan fingerprint density at radius 2 is 2.06 bits per heavy atom. The van der Waals surface area contributed by atoms with Crippen LogP contribution in [0.5, 0.6) is 0 Å². The monoisotopic (exact) mass is 255 g/mol. The Kier molecular flexibility index (Phi) is 3.47. The number of piperidine rings is 1. The Hall–Kier alpha value is -1.30. The lowest BCUT2D eigenvalue weighted by Crippen LogP contribution is -2.53. The van der Waals surface area contributed by atoms with Crippen LogP contribution in [-0.2, 0) is 4.79 Å². The minimum absolute atomic E-state index is 0.140. The lowest BCUT2D eigenvalue weighted by molar-refractivity contribution is -0.140. The molecule has 0 bridgehead atoms. The van der Waals surface area contributed by atoms with E-state index in [2.05, 4.69) is 29.5 Å². The molecule has 1 aliphatic heterocycles. The molecule has 1 saturated heterocycles. The van der Waals surface area contributed by atoms with Gasteiger partial charge in [-0.05, 0) is 39.7 Å². The first-order valence-corrected chi connectivity index (χ1v) is 6.45. The van der Waals surface area contributed by atoms with Crippen LogP contribution in [0.15, 0.2) is 0 Å². The van der Waals surface area contributed by atoms with Gasteiger partial charge in [0.15, 0.2) is 0 Å². The molecule has 2 aliphatic rings. The van der Waals surface area contributed by atoms with E-state index >= 15 is 0 Å². The Balaban J connectivity index is 1.80. The van der Waals surface area contributed by atoms with Gasteiger partial charge in [0.1, 0.15) is 5.54 Å². The van der Waals surface area contributed by atoms with Crippen molar-refractivity contribution in [2.45, 2.75) is 50.2 Å². The number of amides is 2. The van der Waals surface area contributed by atoms with Gasteiger partial charge in [0.25, 0.3) is 0 Å². The number of rotatable bonds is 3. The molecule has 3 N–H and O–H groups in total. The summed E-state index contributed by atoms with van der Waals surface area (Å²) in [5.41, 5.74) is -0.999. The summed E-state index contributed by atoms with van der Waals surface area (Å²) in [5, 5.41) is 14.4. The number of nitrogens with one attached hydrogen (secondary N) is 2. The van der Waals surface area contributed by atoms with Crippen molar-refractivity contribution in [2.24, 2.45) is 0 Å². The van der Waals surface area contributed by atoms with E-state index in [1.165, 1.54) is 0 Å². The molecule has 6 nitrogen and oxygen atoms in total. The molecule has 2 atom stereocenters. The molecule has 0 aromatic carbocycles. The highest BCUT2D eigenvalue weighted by Crippen LogP contribution is 2.35. The van der Waals surface area contributed by atoms with E-state index in [1.54, 1.807) is 0 Å². The maximum absolute atomic E-state index is 11.8. The molecule has 18 heavy (non-hydrogen) atoms. The third-order valence-electron chi connectivity index (χ3n) is 4.06. The first kappa shape index (κ1) is 13.1. The van der Waals surface area contributed by atoms with Crippen LogP contribution in [0.3, 0.4) is 0 Å². The maximum atomic E-state index is 11.8. The van der Waals surface area contributed by atoms with Gasteiger partial charge in [-0.3, -0.25) is 0 Å². The fourth-order valence-electron chi connectivity index (χ4n) is 2.38. The number of carbonyl (C=O) groups is 2. The van der Waals surface area contributed by atoms with Crippen molar-refractivity contribution in [1.82, 2.24) is 15.5 Å². The maximum Gasteiger partial charge on any atom is 0.329 e. The van der Waals surface area contributed by atoms with Crippen LogP contribution in [0.4, 0.5) is 4.79 Å². The molecule has 1 saturated carbocycles. The van der Waals surface area contributed by atoms with E-state index in [0.29, 0.717) is 18.9 Å². The second-order valence-electron chi connectivity index (χ2n) is 5.54. The highest BCUT2D eigenvalue weighted by molar-refractivity contribution is 5.89. The van der Waals surface area contributed by atoms with Gasteiger partial charge in [-0.15, -0.1) is 0 Å². The molecule has 0 radical (unpaired) electrons. The Labute approximate surface area is 107 Å². The molecule has 1 aliphatic carbocycles. The molecule has 2 unspecified atom stereocenters. The number of carboxylic acids is 1. The van der Waals surface area contributed by atoms with Gasteiger partial charge in [-0.1, -0.05) is 0 Å². The number of hydrogen-bond acceptors (Lipinski definition) is 3. The van der Waals surface area contributed by atoms with Crippen molar-refractivity contribution < 1.29 is 14.7 Å². The van der Waals surface area contributed by atoms with Gasteiger partial charge in [0.05, 0.1) is 0 Å². The predicted molar refractivity (Wildman–Crippen MR) is 66.4 cm³/mol. The zero-order valence-electron chi connectivity index (χ0n) is 10.9. The minimum atomic E-state index is -0.999. The summed E-state index contributed by atoms with van der Waals surface area (Å²) in [5.74, 6) is -0.936. The number of nitrogens with zero attached hydrogens (tertiary/aromatic N) is 1. The molecule has 6 heteroatoms. The molecular formula is C12H21N3O3. The molecule has 2 rings (SSSR count). The SMILES string of the molecule is CC1CC(NC(=O)NC2(C(=O)O)CC2)CCN1C. The molecule has 0 aromatic rings. The van der Waals surface area contributed by atoms with Gasteiger partial charge in [-0.2, -0.15) is 0 Å². The third kappa shape index (κ3) is 2.75. The van der Waals surface area contributed by atoms with Crippen LogP contribution in [-0.4, -0.2) is 53.2 Å². The van der Waals surface area contributed by atoms with Crippen molar-refractivity contribution >= 4 is 12.0 Å². The average molecular weight is 255 g/mol. The summed E-state index contributed by atoms with van der Waals surface area (Å²) >= 11 is 0. The molecular weight excluding hydrogens is 234 g/mol. The first-order chi connectivity index (χ1) is 8.43. The standard InChI is InChI=1S/C12H21N3O3/c1-8-7-9(3-6-15(8)2)13-11(18)14-12(4-5-12)10(16)17/h8-9H,3-7H2,1-2H3,(H,16,17)(H2,13,14,18). The van der Waals surface area contributed by atoms with Crippen molar-refractivity contribution in [3.05, 3.63) is 0 Å². The normalized spacial score (nSPS) is 30.6. The van der Waals surface area contributed by atoms with Gasteiger partial charge < -0.3 is 20.6 Å². The van der Waals surface area contributed by atoms with E-state index in [-0.39, 0.29) is 12.1 Å². The quantitative estimate of drug-likeness (QED) is 0.681. The van der Waals surface area contributed by atoms with Crippen LogP contribution in [0.1, 0.15) is 32.6 Å². The summed E-state index contributed by atoms with van der Waals surface area (Å²) in [7, 11) is 2.07. The second-order valence-corrected chi connectivity index (χ2v) is 5.54. The Morgan fingerprint density at radius 1 is 1.39 bits per heavy atom. The first-order valence-electron chi connectivity index (χ1n) is 6.45. The number of likely N-dealkylation sites (tertiary alicyclic amines) is 1. The highest BCUT2D eigenvalue weighted by Gasteiger charge is 2.51. The van der Waals surface area contributed by atoms with E-state index in [4.69, 9.17) is 5.11 Å². The summed E-state index contributed by atoms with van der Waals surface area (Å²) in [6.07, 6.45) is 2.87. The third-order valence-corrected chi connectivity index (χ3v) is 4.06. The van der Waals surface area contributed by atoms with Crippen molar-refractivity contribution in [3.8, 4) is 0 Å². The average Bonchev–Trinajstić information content (AvgIpc) is 3.04. The lowest BCUT2D eigenvalue weighted by atomic mass is 9.99. The number of carbonyl (C=O) groups excluding carboxylic acids is 1. The number of urea groups is 1. The summed E-state index contributed by atoms with van der Waals surface area (Å²) in [6, 6.07) is 0.232. The van der Waals surface area contributed by atoms with Crippen molar-refractivity contribution in [3.63, 3.8) is 0 Å². The zero-order valence-corrected chi connectivity index (χ0v) is 10.9. The fourth-order valence-corrected chi connectivity index (χ4v) is 2.38. The fraction of sp³-hybridized carbons (Fsp3) is 0.833. The highest BCUT2D eigenvalue weighted by atomic mass is 16.4. The van der Waals surface area contributed by atoms with Crippen LogP contribution < -0.4 is 10.6 Å². The van der Waals surface area contributed by atoms with Gasteiger partial charge in [0, 0.05) is 18.6 Å². The molecule has 0 aromatic heterocycles. The molecule has 2 fully saturated rings. The van der Waals surface area contributed by atoms with E-state index < -0.39 is 11.5 Å². The van der Waals surface area contributed by atoms with Gasteiger partial charge in [0.2, 0.25) is 0 Å². The lowest BCUT2D eigenvalue weighted by Gasteiger charge is -2.35. The van der Waals surface area contributed by atoms with Gasteiger partial charge >= 0.3 is 12.0 Å². The van der Waals surface area contributed by atoms with Gasteiger partial charge in [-0.25, -0.2) is 9.59 Å². The van der Waals surface area contributed by atoms with Crippen LogP contribution >= 0.6 is 0 Å². The van der Waals surface area contributed by atoms with E-state index in [0.717, 1.165) is 19.4 Å².